The lowest BCUT2D eigenvalue weighted by Crippen LogP contribution is -2.45. The van der Waals surface area contributed by atoms with Crippen molar-refractivity contribution < 1.29 is 9.59 Å². The average Bonchev–Trinajstić information content (AvgIpc) is 3.89. The molecule has 2 atom stereocenters. The number of amides is 3. The van der Waals surface area contributed by atoms with Gasteiger partial charge in [-0.15, -0.1) is 11.3 Å². The number of H-pyrrole nitrogens is 1. The van der Waals surface area contributed by atoms with Crippen molar-refractivity contribution in [3.8, 4) is 11.3 Å². The molecule has 3 aromatic heterocycles. The molecule has 3 amide bonds. The number of hydrogen-bond acceptors (Lipinski definition) is 4. The zero-order valence-corrected chi connectivity index (χ0v) is 29.5. The molecule has 1 aromatic carbocycles. The smallest absolute Gasteiger partial charge is 0.341 e. The normalized spacial score (nSPS) is 21.8. The summed E-state index contributed by atoms with van der Waals surface area (Å²) in [6.45, 7) is 12.7. The summed E-state index contributed by atoms with van der Waals surface area (Å²) in [5, 5.41) is 4.67. The van der Waals surface area contributed by atoms with Crippen LogP contribution < -0.4 is 11.1 Å². The van der Waals surface area contributed by atoms with Crippen molar-refractivity contribution >= 4 is 39.5 Å². The second-order valence-electron chi connectivity index (χ2n) is 14.7. The Morgan fingerprint density at radius 3 is 2.38 bits per heavy atom. The van der Waals surface area contributed by atoms with Gasteiger partial charge < -0.3 is 25.8 Å². The predicted molar refractivity (Wildman–Crippen MR) is 194 cm³/mol. The van der Waals surface area contributed by atoms with E-state index in [-0.39, 0.29) is 11.8 Å². The van der Waals surface area contributed by atoms with Crippen LogP contribution in [0.1, 0.15) is 91.8 Å². The van der Waals surface area contributed by atoms with Crippen molar-refractivity contribution in [2.24, 2.45) is 10.7 Å². The van der Waals surface area contributed by atoms with E-state index < -0.39 is 11.4 Å². The predicted octanol–water partition coefficient (Wildman–Crippen LogP) is 6.96. The van der Waals surface area contributed by atoms with Crippen LogP contribution in [0.5, 0.6) is 0 Å². The molecular weight excluding hydrogens is 619 g/mol. The number of nitrogens with two attached hydrogens (primary N) is 1. The summed E-state index contributed by atoms with van der Waals surface area (Å²) in [7, 11) is 0. The Hall–Kier alpha value is -4.18. The van der Waals surface area contributed by atoms with Gasteiger partial charge in [0.15, 0.2) is 0 Å². The molecule has 10 heteroatoms. The standard InChI is InChI=1S/C38H47N7O2S/c1-22-16-23(2)18-27(17-22)33-32(24(3)20-41-37(43-36(39)47)44-15-12-26(21-44)25-10-13-40-14-11-25)30-19-31(48-34(30)42-33)38(4,5)35(46)45-28-6-7-29(45)9-8-28/h10-11,13-14,16-19,24,26,28-29,42H,6-9,12,15,20-21H2,1-5H3,(H3,39,41,43,47)/t24-,26?,28?,29?/m1/s1. The number of guanidine groups is 1. The van der Waals surface area contributed by atoms with Gasteiger partial charge in [0.05, 0.1) is 11.1 Å². The van der Waals surface area contributed by atoms with Crippen LogP contribution in [0.25, 0.3) is 21.5 Å². The molecule has 0 radical (unpaired) electrons. The number of urea groups is 1. The number of aromatic amines is 1. The zero-order chi connectivity index (χ0) is 33.7. The minimum atomic E-state index is -0.710. The number of primary amides is 1. The third-order valence-electron chi connectivity index (χ3n) is 10.8. The van der Waals surface area contributed by atoms with Gasteiger partial charge in [-0.1, -0.05) is 24.1 Å². The Morgan fingerprint density at radius 2 is 1.73 bits per heavy atom. The molecular formula is C38H47N7O2S. The molecule has 252 valence electrons. The molecule has 6 heterocycles. The lowest BCUT2D eigenvalue weighted by Gasteiger charge is -2.31. The van der Waals surface area contributed by atoms with Gasteiger partial charge in [-0.3, -0.25) is 9.78 Å². The first-order chi connectivity index (χ1) is 23.0. The number of nitrogens with zero attached hydrogens (tertiary/aromatic N) is 4. The summed E-state index contributed by atoms with van der Waals surface area (Å²) in [5.74, 6) is 1.15. The monoisotopic (exact) mass is 665 g/mol. The van der Waals surface area contributed by atoms with E-state index in [4.69, 9.17) is 5.73 Å². The van der Waals surface area contributed by atoms with Crippen LogP contribution in [0.4, 0.5) is 4.79 Å². The number of aromatic nitrogens is 2. The van der Waals surface area contributed by atoms with Crippen molar-refractivity contribution in [3.63, 3.8) is 0 Å². The van der Waals surface area contributed by atoms with Crippen molar-refractivity contribution in [1.82, 2.24) is 25.1 Å². The number of benzene rings is 1. The third-order valence-corrected chi connectivity index (χ3v) is 12.2. The average molecular weight is 666 g/mol. The molecule has 3 fully saturated rings. The third kappa shape index (κ3) is 5.99. The topological polar surface area (TPSA) is 120 Å². The lowest BCUT2D eigenvalue weighted by molar-refractivity contribution is -0.137. The molecule has 7 rings (SSSR count). The molecule has 4 N–H and O–H groups in total. The Labute approximate surface area is 287 Å². The highest BCUT2D eigenvalue weighted by Gasteiger charge is 2.47. The fourth-order valence-electron chi connectivity index (χ4n) is 8.37. The molecule has 3 saturated heterocycles. The maximum atomic E-state index is 14.1. The van der Waals surface area contributed by atoms with Gasteiger partial charge in [0.1, 0.15) is 4.83 Å². The minimum absolute atomic E-state index is 0.0435. The van der Waals surface area contributed by atoms with E-state index in [0.29, 0.717) is 30.5 Å². The molecule has 9 nitrogen and oxygen atoms in total. The highest BCUT2D eigenvalue weighted by atomic mass is 32.1. The second kappa shape index (κ2) is 12.7. The first-order valence-corrected chi connectivity index (χ1v) is 18.2. The summed E-state index contributed by atoms with van der Waals surface area (Å²) in [6.07, 6.45) is 9.14. The Bertz CT molecular complexity index is 1840. The molecule has 1 unspecified atom stereocenters. The molecule has 0 saturated carbocycles. The quantitative estimate of drug-likeness (QED) is 0.146. The highest BCUT2D eigenvalue weighted by Crippen LogP contribution is 2.46. The summed E-state index contributed by atoms with van der Waals surface area (Å²) >= 11 is 1.70. The number of thiophene rings is 1. The van der Waals surface area contributed by atoms with Crippen molar-refractivity contribution in [2.75, 3.05) is 19.6 Å². The van der Waals surface area contributed by atoms with Gasteiger partial charge >= 0.3 is 6.03 Å². The Kier molecular flexibility index (Phi) is 8.56. The number of rotatable bonds is 7. The number of aryl methyl sites for hydroxylation is 2. The maximum Gasteiger partial charge on any atom is 0.341 e. The van der Waals surface area contributed by atoms with E-state index in [1.807, 2.05) is 12.4 Å². The van der Waals surface area contributed by atoms with Crippen molar-refractivity contribution in [2.45, 2.75) is 96.1 Å². The number of pyridine rings is 1. The van der Waals surface area contributed by atoms with Crippen LogP contribution in [0.3, 0.4) is 0 Å². The van der Waals surface area contributed by atoms with E-state index in [2.05, 4.69) is 101 Å². The van der Waals surface area contributed by atoms with Crippen LogP contribution in [0.2, 0.25) is 0 Å². The molecule has 0 aliphatic carbocycles. The van der Waals surface area contributed by atoms with Crippen LogP contribution in [-0.2, 0) is 10.2 Å². The molecule has 3 aliphatic heterocycles. The molecule has 2 bridgehead atoms. The van der Waals surface area contributed by atoms with Gasteiger partial charge in [-0.25, -0.2) is 4.79 Å². The van der Waals surface area contributed by atoms with E-state index in [1.54, 1.807) is 11.3 Å². The number of hydrogen-bond donors (Lipinski definition) is 3. The van der Waals surface area contributed by atoms with Crippen molar-refractivity contribution in [1.29, 1.82) is 0 Å². The summed E-state index contributed by atoms with van der Waals surface area (Å²) < 4.78 is 0. The van der Waals surface area contributed by atoms with Crippen LogP contribution in [-0.4, -0.2) is 69.4 Å². The minimum Gasteiger partial charge on any atom is -0.355 e. The highest BCUT2D eigenvalue weighted by molar-refractivity contribution is 7.19. The van der Waals surface area contributed by atoms with Gasteiger partial charge in [0.2, 0.25) is 11.9 Å². The molecule has 4 aromatic rings. The number of aliphatic imine (C=N–C) groups is 1. The number of carbonyl (C=O) groups excluding carboxylic acids is 2. The second-order valence-corrected chi connectivity index (χ2v) is 15.8. The van der Waals surface area contributed by atoms with Crippen molar-refractivity contribution in [3.05, 3.63) is 75.9 Å². The van der Waals surface area contributed by atoms with Gasteiger partial charge in [0.25, 0.3) is 0 Å². The molecule has 0 spiro atoms. The van der Waals surface area contributed by atoms with Gasteiger partial charge in [-0.05, 0) is 107 Å². The largest absolute Gasteiger partial charge is 0.355 e. The van der Waals surface area contributed by atoms with Gasteiger partial charge in [0, 0.05) is 66.2 Å². The van der Waals surface area contributed by atoms with E-state index in [9.17, 15) is 9.59 Å². The summed E-state index contributed by atoms with van der Waals surface area (Å²) in [6, 6.07) is 13.1. The zero-order valence-electron chi connectivity index (χ0n) is 28.7. The van der Waals surface area contributed by atoms with E-state index in [0.717, 1.165) is 71.5 Å². The van der Waals surface area contributed by atoms with Crippen LogP contribution in [0, 0.1) is 13.8 Å². The summed E-state index contributed by atoms with van der Waals surface area (Å²) in [5.41, 5.74) is 12.1. The molecule has 3 aliphatic rings. The number of nitrogens with one attached hydrogen (secondary N) is 2. The lowest BCUT2D eigenvalue weighted by atomic mass is 9.88. The first-order valence-electron chi connectivity index (χ1n) is 17.3. The number of likely N-dealkylation sites (tertiary alicyclic amines) is 1. The first kappa shape index (κ1) is 32.4. The fraction of sp³-hybridized carbons (Fsp3) is 0.474. The number of carbonyl (C=O) groups is 2. The Balaban J connectivity index is 1.19. The van der Waals surface area contributed by atoms with Gasteiger partial charge in [-0.2, -0.15) is 4.99 Å². The van der Waals surface area contributed by atoms with Crippen LogP contribution in [0.15, 0.2) is 53.8 Å². The van der Waals surface area contributed by atoms with E-state index >= 15 is 0 Å². The maximum absolute atomic E-state index is 14.1. The fourth-order valence-corrected chi connectivity index (χ4v) is 9.54. The number of fused-ring (bicyclic) bond motifs is 3. The summed E-state index contributed by atoms with van der Waals surface area (Å²) in [4.78, 5) is 44.8. The Morgan fingerprint density at radius 1 is 1.06 bits per heavy atom. The SMILES string of the molecule is Cc1cc(C)cc(-c2[nH]c3sc(C(C)(C)C(=O)N4C5CCC4CC5)cc3c2[C@H](C)CN/C(=N/C(N)=O)N2CCC(c3ccncc3)C2)c1. The molecule has 48 heavy (non-hydrogen) atoms. The van der Waals surface area contributed by atoms with E-state index in [1.165, 1.54) is 22.3 Å². The van der Waals surface area contributed by atoms with Crippen LogP contribution >= 0.6 is 11.3 Å².